The Labute approximate surface area is 284 Å². The molecule has 2 aromatic carbocycles. The summed E-state index contributed by atoms with van der Waals surface area (Å²) in [7, 11) is -2.40. The lowest BCUT2D eigenvalue weighted by atomic mass is 10.1. The molecule has 4 unspecified atom stereocenters. The van der Waals surface area contributed by atoms with Crippen molar-refractivity contribution in [2.75, 3.05) is 36.4 Å². The van der Waals surface area contributed by atoms with Crippen molar-refractivity contribution in [1.29, 1.82) is 0 Å². The van der Waals surface area contributed by atoms with Crippen LogP contribution in [0.5, 0.6) is 5.75 Å². The smallest absolute Gasteiger partial charge is 0.416 e. The van der Waals surface area contributed by atoms with Gasteiger partial charge < -0.3 is 25.8 Å². The summed E-state index contributed by atoms with van der Waals surface area (Å²) < 4.78 is 72.3. The highest BCUT2D eigenvalue weighted by atomic mass is 35.5. The van der Waals surface area contributed by atoms with E-state index in [4.69, 9.17) is 16.3 Å². The number of carbonyl (C=O) groups is 1. The van der Waals surface area contributed by atoms with Crippen molar-refractivity contribution in [2.45, 2.75) is 57.3 Å². The van der Waals surface area contributed by atoms with Crippen LogP contribution in [0.1, 0.15) is 48.7 Å². The minimum Gasteiger partial charge on any atom is -0.491 e. The van der Waals surface area contributed by atoms with E-state index in [2.05, 4.69) is 27.9 Å². The second-order valence-electron chi connectivity index (χ2n) is 12.3. The van der Waals surface area contributed by atoms with Crippen LogP contribution in [0.15, 0.2) is 60.7 Å². The molecule has 1 saturated carbocycles. The maximum atomic E-state index is 13.7. The van der Waals surface area contributed by atoms with Gasteiger partial charge in [-0.25, -0.2) is 13.4 Å². The van der Waals surface area contributed by atoms with Gasteiger partial charge in [0.15, 0.2) is 0 Å². The standard InChI is InChI=1S/C33H41ClF3N5O5S/c1-20(2)48(45,46)42(4)31-14-23(13-30(41-31)39-17-24-11-21(24)3)32(44)40-28(19-47-27-10-6-9-26(34)15-27)29(43)18-38-16-22-7-5-8-25(12-22)33(35,36)37/h5-10,12-15,20-21,24,28-29,38,43H,11,16-19H2,1-4H3,(H,39,41)(H,40,44). The number of hydrogen-bond donors (Lipinski definition) is 4. The molecule has 0 bridgehead atoms. The molecule has 1 aliphatic carbocycles. The van der Waals surface area contributed by atoms with Crippen molar-refractivity contribution in [3.8, 4) is 5.75 Å². The highest BCUT2D eigenvalue weighted by molar-refractivity contribution is 7.93. The molecule has 48 heavy (non-hydrogen) atoms. The Balaban J connectivity index is 1.54. The largest absolute Gasteiger partial charge is 0.491 e. The zero-order valence-electron chi connectivity index (χ0n) is 27.1. The molecular formula is C33H41ClF3N5O5S. The number of anilines is 2. The van der Waals surface area contributed by atoms with Crippen LogP contribution in [0.4, 0.5) is 24.8 Å². The number of aliphatic hydroxyl groups is 1. The van der Waals surface area contributed by atoms with Gasteiger partial charge in [-0.1, -0.05) is 42.8 Å². The summed E-state index contributed by atoms with van der Waals surface area (Å²) in [6.45, 7) is 5.54. The molecule has 0 spiro atoms. The molecule has 1 aliphatic rings. The number of nitrogens with zero attached hydrogens (tertiary/aromatic N) is 2. The van der Waals surface area contributed by atoms with Gasteiger partial charge in [-0.2, -0.15) is 13.2 Å². The molecule has 1 heterocycles. The van der Waals surface area contributed by atoms with E-state index in [-0.39, 0.29) is 31.1 Å². The Bertz CT molecular complexity index is 1680. The number of sulfonamides is 1. The Morgan fingerprint density at radius 3 is 2.50 bits per heavy atom. The van der Waals surface area contributed by atoms with E-state index in [1.54, 1.807) is 38.1 Å². The number of aliphatic hydroxyl groups excluding tert-OH is 1. The molecule has 4 atom stereocenters. The number of alkyl halides is 3. The number of nitrogens with one attached hydrogen (secondary N) is 3. The first-order valence-corrected chi connectivity index (χ1v) is 17.4. The maximum absolute atomic E-state index is 13.7. The van der Waals surface area contributed by atoms with Crippen LogP contribution in [-0.2, 0) is 22.7 Å². The van der Waals surface area contributed by atoms with Gasteiger partial charge in [0, 0.05) is 37.3 Å². The van der Waals surface area contributed by atoms with Gasteiger partial charge >= 0.3 is 6.18 Å². The minimum atomic E-state index is -4.49. The summed E-state index contributed by atoms with van der Waals surface area (Å²) in [6.07, 6.45) is -4.69. The molecule has 0 aliphatic heterocycles. The van der Waals surface area contributed by atoms with Crippen LogP contribution in [0, 0.1) is 11.8 Å². The summed E-state index contributed by atoms with van der Waals surface area (Å²) in [5, 5.41) is 19.8. The van der Waals surface area contributed by atoms with Crippen LogP contribution in [0.25, 0.3) is 0 Å². The van der Waals surface area contributed by atoms with Gasteiger partial charge in [-0.3, -0.25) is 9.10 Å². The summed E-state index contributed by atoms with van der Waals surface area (Å²) >= 11 is 6.08. The summed E-state index contributed by atoms with van der Waals surface area (Å²) in [5.74, 6) is 1.11. The zero-order valence-corrected chi connectivity index (χ0v) is 28.7. The summed E-state index contributed by atoms with van der Waals surface area (Å²) in [4.78, 5) is 18.2. The first kappa shape index (κ1) is 37.2. The van der Waals surface area contributed by atoms with Gasteiger partial charge in [-0.15, -0.1) is 0 Å². The van der Waals surface area contributed by atoms with Gasteiger partial charge in [0.25, 0.3) is 5.91 Å². The molecule has 0 radical (unpaired) electrons. The van der Waals surface area contributed by atoms with Crippen molar-refractivity contribution >= 4 is 39.2 Å². The molecular weight excluding hydrogens is 671 g/mol. The van der Waals surface area contributed by atoms with Crippen molar-refractivity contribution in [2.24, 2.45) is 11.8 Å². The van der Waals surface area contributed by atoms with Gasteiger partial charge in [-0.05, 0) is 74.1 Å². The van der Waals surface area contributed by atoms with Crippen LogP contribution < -0.4 is 25.0 Å². The van der Waals surface area contributed by atoms with Crippen LogP contribution in [-0.4, -0.2) is 68.6 Å². The van der Waals surface area contributed by atoms with E-state index in [9.17, 15) is 31.5 Å². The van der Waals surface area contributed by atoms with E-state index in [0.717, 1.165) is 22.9 Å². The molecule has 1 amide bonds. The fourth-order valence-electron chi connectivity index (χ4n) is 4.87. The molecule has 4 rings (SSSR count). The lowest BCUT2D eigenvalue weighted by Gasteiger charge is -2.26. The van der Waals surface area contributed by atoms with Gasteiger partial charge in [0.2, 0.25) is 10.0 Å². The van der Waals surface area contributed by atoms with Crippen LogP contribution in [0.2, 0.25) is 5.02 Å². The number of benzene rings is 2. The van der Waals surface area contributed by atoms with Crippen LogP contribution >= 0.6 is 11.6 Å². The number of aromatic nitrogens is 1. The minimum absolute atomic E-state index is 0.0236. The maximum Gasteiger partial charge on any atom is 0.416 e. The lowest BCUT2D eigenvalue weighted by Crippen LogP contribution is -2.50. The highest BCUT2D eigenvalue weighted by Crippen LogP contribution is 2.37. The average Bonchev–Trinajstić information content (AvgIpc) is 3.75. The predicted molar refractivity (Wildman–Crippen MR) is 180 cm³/mol. The normalized spacial score (nSPS) is 17.5. The van der Waals surface area contributed by atoms with Crippen molar-refractivity contribution in [1.82, 2.24) is 15.6 Å². The molecule has 10 nitrogen and oxygen atoms in total. The quantitative estimate of drug-likeness (QED) is 0.157. The fraction of sp³-hybridized carbons (Fsp3) is 0.455. The third-order valence-corrected chi connectivity index (χ3v) is 10.5. The van der Waals surface area contributed by atoms with E-state index in [1.807, 2.05) is 0 Å². The van der Waals surface area contributed by atoms with Gasteiger partial charge in [0.05, 0.1) is 23.0 Å². The summed E-state index contributed by atoms with van der Waals surface area (Å²) in [6, 6.07) is 13.2. The Morgan fingerprint density at radius 1 is 1.15 bits per heavy atom. The van der Waals surface area contributed by atoms with E-state index in [0.29, 0.717) is 40.5 Å². The lowest BCUT2D eigenvalue weighted by molar-refractivity contribution is -0.137. The fourth-order valence-corrected chi connectivity index (χ4v) is 6.04. The van der Waals surface area contributed by atoms with Crippen LogP contribution in [0.3, 0.4) is 0 Å². The second kappa shape index (κ2) is 15.7. The SMILES string of the molecule is CC1CC1CNc1cc(C(=O)NC(COc2cccc(Cl)c2)C(O)CNCc2cccc(C(F)(F)F)c2)cc(N(C)S(=O)(=O)C(C)C)n1. The number of amides is 1. The number of carbonyl (C=O) groups excluding carboxylic acids is 1. The predicted octanol–water partition coefficient (Wildman–Crippen LogP) is 5.32. The molecule has 4 N–H and O–H groups in total. The van der Waals surface area contributed by atoms with Crippen molar-refractivity contribution in [3.05, 3.63) is 82.4 Å². The number of rotatable bonds is 16. The summed E-state index contributed by atoms with van der Waals surface area (Å²) in [5.41, 5.74) is -0.335. The second-order valence-corrected chi connectivity index (χ2v) is 15.2. The molecule has 0 saturated heterocycles. The third-order valence-electron chi connectivity index (χ3n) is 8.14. The first-order valence-electron chi connectivity index (χ1n) is 15.5. The van der Waals surface area contributed by atoms with Gasteiger partial charge in [0.1, 0.15) is 24.0 Å². The Morgan fingerprint density at radius 2 is 1.85 bits per heavy atom. The molecule has 3 aromatic rings. The topological polar surface area (TPSA) is 133 Å². The van der Waals surface area contributed by atoms with E-state index < -0.39 is 45.1 Å². The van der Waals surface area contributed by atoms with E-state index >= 15 is 0 Å². The molecule has 1 fully saturated rings. The first-order chi connectivity index (χ1) is 22.5. The number of halogens is 4. The number of pyridine rings is 1. The van der Waals surface area contributed by atoms with Crippen molar-refractivity contribution in [3.63, 3.8) is 0 Å². The monoisotopic (exact) mass is 711 g/mol. The highest BCUT2D eigenvalue weighted by Gasteiger charge is 2.33. The Kier molecular flexibility index (Phi) is 12.2. The zero-order chi connectivity index (χ0) is 35.2. The molecule has 15 heteroatoms. The molecule has 1 aromatic heterocycles. The third kappa shape index (κ3) is 10.2. The molecule has 262 valence electrons. The number of hydrogen-bond acceptors (Lipinski definition) is 8. The number of ether oxygens (including phenoxy) is 1. The van der Waals surface area contributed by atoms with Crippen molar-refractivity contribution < 1.29 is 36.2 Å². The Hall–Kier alpha value is -3.59. The average molecular weight is 712 g/mol. The van der Waals surface area contributed by atoms with E-state index in [1.165, 1.54) is 31.3 Å².